The zero-order valence-electron chi connectivity index (χ0n) is 16.7. The summed E-state index contributed by atoms with van der Waals surface area (Å²) in [7, 11) is 0. The minimum atomic E-state index is -0.617. The van der Waals surface area contributed by atoms with Crippen molar-refractivity contribution in [3.63, 3.8) is 0 Å². The third-order valence-corrected chi connectivity index (χ3v) is 4.83. The summed E-state index contributed by atoms with van der Waals surface area (Å²) in [4.78, 5) is 15.4. The number of amides is 1. The van der Waals surface area contributed by atoms with E-state index in [1.165, 1.54) is 0 Å². The van der Waals surface area contributed by atoms with Gasteiger partial charge >= 0.3 is 0 Å². The number of ether oxygens (including phenoxy) is 1. The minimum Gasteiger partial charge on any atom is -0.505 e. The Kier molecular flexibility index (Phi) is 5.89. The molecule has 0 saturated carbocycles. The van der Waals surface area contributed by atoms with E-state index >= 15 is 0 Å². The lowest BCUT2D eigenvalue weighted by atomic mass is 10.1. The maximum Gasteiger partial charge on any atom is 0.264 e. The highest BCUT2D eigenvalue weighted by Crippen LogP contribution is 2.33. The van der Waals surface area contributed by atoms with Crippen LogP contribution < -0.4 is 10.1 Å². The summed E-state index contributed by atoms with van der Waals surface area (Å²) in [6, 6.07) is 26.0. The highest BCUT2D eigenvalue weighted by Gasteiger charge is 2.23. The maximum atomic E-state index is 12.7. The summed E-state index contributed by atoms with van der Waals surface area (Å²) in [5.74, 6) is -0.00327. The quantitative estimate of drug-likeness (QED) is 0.332. The molecular weight excluding hydrogens is 392 g/mol. The smallest absolute Gasteiger partial charge is 0.264 e. The van der Waals surface area contributed by atoms with Crippen LogP contribution in [0.15, 0.2) is 84.9 Å². The Morgan fingerprint density at radius 2 is 1.52 bits per heavy atom. The summed E-state index contributed by atoms with van der Waals surface area (Å²) >= 11 is 0. The van der Waals surface area contributed by atoms with Gasteiger partial charge in [0.15, 0.2) is 5.75 Å². The van der Waals surface area contributed by atoms with Gasteiger partial charge in [0, 0.05) is 11.8 Å². The first-order valence-electron chi connectivity index (χ1n) is 9.91. The van der Waals surface area contributed by atoms with Gasteiger partial charge in [-0.3, -0.25) is 4.79 Å². The summed E-state index contributed by atoms with van der Waals surface area (Å²) in [5, 5.41) is 23.4. The minimum absolute atomic E-state index is 0.183. The fourth-order valence-corrected chi connectivity index (χ4v) is 3.29. The van der Waals surface area contributed by atoms with Crippen molar-refractivity contribution in [2.45, 2.75) is 12.8 Å². The predicted octanol–water partition coefficient (Wildman–Crippen LogP) is 5.26. The Hall–Kier alpha value is -4.19. The van der Waals surface area contributed by atoms with Crippen molar-refractivity contribution in [1.82, 2.24) is 4.98 Å². The zero-order chi connectivity index (χ0) is 21.6. The van der Waals surface area contributed by atoms with E-state index in [2.05, 4.69) is 10.3 Å². The van der Waals surface area contributed by atoms with Crippen molar-refractivity contribution in [1.29, 1.82) is 0 Å². The second-order valence-corrected chi connectivity index (χ2v) is 7.06. The molecule has 3 aromatic carbocycles. The van der Waals surface area contributed by atoms with E-state index in [9.17, 15) is 15.0 Å². The van der Waals surface area contributed by atoms with Crippen LogP contribution in [-0.4, -0.2) is 21.1 Å². The first kappa shape index (κ1) is 20.1. The molecule has 6 nitrogen and oxygen atoms in total. The molecule has 0 fully saturated rings. The van der Waals surface area contributed by atoms with Crippen molar-refractivity contribution in [3.8, 4) is 23.1 Å². The number of para-hydroxylation sites is 1. The van der Waals surface area contributed by atoms with E-state index in [1.54, 1.807) is 24.3 Å². The van der Waals surface area contributed by atoms with E-state index in [1.807, 2.05) is 60.7 Å². The molecular formula is C25H22N2O4. The number of aromatic hydroxyl groups is 2. The van der Waals surface area contributed by atoms with Crippen LogP contribution in [0, 0.1) is 0 Å². The number of benzene rings is 3. The molecule has 4 rings (SSSR count). The molecule has 0 radical (unpaired) electrons. The average Bonchev–Trinajstić information content (AvgIpc) is 3.07. The Morgan fingerprint density at radius 3 is 2.26 bits per heavy atom. The number of hydrogen-bond donors (Lipinski definition) is 4. The zero-order valence-corrected chi connectivity index (χ0v) is 16.7. The summed E-state index contributed by atoms with van der Waals surface area (Å²) in [5.41, 5.74) is 1.80. The molecule has 0 unspecified atom stereocenters. The van der Waals surface area contributed by atoms with Crippen LogP contribution in [0.4, 0.5) is 5.69 Å². The molecule has 156 valence electrons. The standard InChI is InChI=1S/C25H22N2O4/c28-23-21(15-14-17-8-3-1-4-9-17)27-25(30)22(23)24(29)26-18-10-7-13-20(16-18)31-19-11-5-2-6-12-19/h1-13,16,27-28,30H,14-15H2,(H,26,29). The van der Waals surface area contributed by atoms with Gasteiger partial charge in [0.25, 0.3) is 5.91 Å². The lowest BCUT2D eigenvalue weighted by molar-refractivity contribution is 0.102. The van der Waals surface area contributed by atoms with Crippen LogP contribution in [0.25, 0.3) is 0 Å². The Morgan fingerprint density at radius 1 is 0.839 bits per heavy atom. The first-order chi connectivity index (χ1) is 15.1. The lowest BCUT2D eigenvalue weighted by Gasteiger charge is -2.09. The van der Waals surface area contributed by atoms with Crippen LogP contribution in [0.3, 0.4) is 0 Å². The second kappa shape index (κ2) is 9.09. The molecule has 4 N–H and O–H groups in total. The SMILES string of the molecule is O=C(Nc1cccc(Oc2ccccc2)c1)c1c(O)[nH]c(CCc2ccccc2)c1O. The van der Waals surface area contributed by atoms with E-state index in [0.29, 0.717) is 35.7 Å². The maximum absolute atomic E-state index is 12.7. The second-order valence-electron chi connectivity index (χ2n) is 7.06. The topological polar surface area (TPSA) is 94.6 Å². The molecule has 6 heteroatoms. The highest BCUT2D eigenvalue weighted by atomic mass is 16.5. The van der Waals surface area contributed by atoms with Gasteiger partial charge < -0.3 is 25.3 Å². The van der Waals surface area contributed by atoms with Crippen LogP contribution in [0.2, 0.25) is 0 Å². The summed E-state index contributed by atoms with van der Waals surface area (Å²) < 4.78 is 5.78. The van der Waals surface area contributed by atoms with E-state index < -0.39 is 5.91 Å². The summed E-state index contributed by atoms with van der Waals surface area (Å²) in [6.45, 7) is 0. The van der Waals surface area contributed by atoms with Gasteiger partial charge in [0.1, 0.15) is 17.1 Å². The van der Waals surface area contributed by atoms with Crippen molar-refractivity contribution in [2.75, 3.05) is 5.32 Å². The number of aromatic nitrogens is 1. The third-order valence-electron chi connectivity index (χ3n) is 4.83. The molecule has 1 amide bonds. The van der Waals surface area contributed by atoms with Gasteiger partial charge in [-0.1, -0.05) is 54.6 Å². The molecule has 0 aliphatic rings. The van der Waals surface area contributed by atoms with Crippen molar-refractivity contribution in [3.05, 3.63) is 102 Å². The molecule has 31 heavy (non-hydrogen) atoms. The van der Waals surface area contributed by atoms with Gasteiger partial charge in [-0.05, 0) is 42.7 Å². The third kappa shape index (κ3) is 4.87. The van der Waals surface area contributed by atoms with Crippen LogP contribution >= 0.6 is 0 Å². The number of H-pyrrole nitrogens is 1. The Bertz CT molecular complexity index is 1170. The van der Waals surface area contributed by atoms with E-state index in [4.69, 9.17) is 4.74 Å². The number of anilines is 1. The van der Waals surface area contributed by atoms with Crippen LogP contribution in [0.1, 0.15) is 21.6 Å². The number of hydrogen-bond acceptors (Lipinski definition) is 4. The van der Waals surface area contributed by atoms with Crippen molar-refractivity contribution in [2.24, 2.45) is 0 Å². The molecule has 0 atom stereocenters. The molecule has 0 saturated heterocycles. The van der Waals surface area contributed by atoms with Crippen molar-refractivity contribution < 1.29 is 19.7 Å². The Labute approximate surface area is 179 Å². The van der Waals surface area contributed by atoms with E-state index in [-0.39, 0.29) is 17.2 Å². The number of nitrogens with one attached hydrogen (secondary N) is 2. The van der Waals surface area contributed by atoms with Crippen molar-refractivity contribution >= 4 is 11.6 Å². The molecule has 0 spiro atoms. The van der Waals surface area contributed by atoms with Gasteiger partial charge in [-0.15, -0.1) is 0 Å². The predicted molar refractivity (Wildman–Crippen MR) is 119 cm³/mol. The molecule has 1 aromatic heterocycles. The summed E-state index contributed by atoms with van der Waals surface area (Å²) in [6.07, 6.45) is 1.12. The average molecular weight is 414 g/mol. The monoisotopic (exact) mass is 414 g/mol. The van der Waals surface area contributed by atoms with E-state index in [0.717, 1.165) is 5.56 Å². The number of carbonyl (C=O) groups excluding carboxylic acids is 1. The first-order valence-corrected chi connectivity index (χ1v) is 9.91. The molecule has 0 aliphatic carbocycles. The normalized spacial score (nSPS) is 10.6. The molecule has 1 heterocycles. The Balaban J connectivity index is 1.46. The van der Waals surface area contributed by atoms with Crippen LogP contribution in [0.5, 0.6) is 23.1 Å². The fourth-order valence-electron chi connectivity index (χ4n) is 3.29. The fraction of sp³-hybridized carbons (Fsp3) is 0.0800. The number of aryl methyl sites for hydroxylation is 2. The molecule has 0 aliphatic heterocycles. The van der Waals surface area contributed by atoms with Gasteiger partial charge in [-0.2, -0.15) is 0 Å². The van der Waals surface area contributed by atoms with Gasteiger partial charge in [0.2, 0.25) is 5.88 Å². The number of aromatic amines is 1. The lowest BCUT2D eigenvalue weighted by Crippen LogP contribution is -2.11. The van der Waals surface area contributed by atoms with Crippen LogP contribution in [-0.2, 0) is 12.8 Å². The van der Waals surface area contributed by atoms with Gasteiger partial charge in [-0.25, -0.2) is 0 Å². The molecule has 4 aromatic rings. The van der Waals surface area contributed by atoms with Gasteiger partial charge in [0.05, 0.1) is 5.69 Å². The highest BCUT2D eigenvalue weighted by molar-refractivity contribution is 6.08. The largest absolute Gasteiger partial charge is 0.505 e. The number of carbonyl (C=O) groups is 1. The number of rotatable bonds is 7. The molecule has 0 bridgehead atoms.